The Bertz CT molecular complexity index is 1030. The van der Waals surface area contributed by atoms with Crippen LogP contribution < -0.4 is 4.90 Å². The molecule has 0 saturated carbocycles. The third kappa shape index (κ3) is 3.69. The van der Waals surface area contributed by atoms with Crippen LogP contribution in [0.15, 0.2) is 35.7 Å². The summed E-state index contributed by atoms with van der Waals surface area (Å²) in [7, 11) is 0. The van der Waals surface area contributed by atoms with Crippen molar-refractivity contribution in [3.63, 3.8) is 0 Å². The first-order valence-corrected chi connectivity index (χ1v) is 11.9. The number of piperidine rings is 2. The first-order chi connectivity index (χ1) is 14.7. The van der Waals surface area contributed by atoms with E-state index in [1.807, 2.05) is 13.0 Å². The van der Waals surface area contributed by atoms with E-state index < -0.39 is 0 Å². The summed E-state index contributed by atoms with van der Waals surface area (Å²) in [6.45, 7) is 5.61. The molecule has 2 saturated heterocycles. The Morgan fingerprint density at radius 3 is 2.47 bits per heavy atom. The Labute approximate surface area is 181 Å². The number of nitrogens with zero attached hydrogens (tertiary/aromatic N) is 4. The maximum absolute atomic E-state index is 12.9. The summed E-state index contributed by atoms with van der Waals surface area (Å²) in [5.41, 5.74) is 2.41. The highest BCUT2D eigenvalue weighted by Gasteiger charge is 2.30. The van der Waals surface area contributed by atoms with Crippen LogP contribution in [0.1, 0.15) is 37.9 Å². The number of amides is 1. The monoisotopic (exact) mass is 420 g/mol. The first-order valence-electron chi connectivity index (χ1n) is 11.1. The van der Waals surface area contributed by atoms with Crippen LogP contribution in [0.25, 0.3) is 21.3 Å². The molecule has 5 rings (SSSR count). The van der Waals surface area contributed by atoms with E-state index in [0.717, 1.165) is 73.7 Å². The second kappa shape index (κ2) is 8.34. The van der Waals surface area contributed by atoms with Crippen molar-refractivity contribution in [1.82, 2.24) is 14.9 Å². The molecule has 156 valence electrons. The number of hydrogen-bond donors (Lipinski definition) is 0. The van der Waals surface area contributed by atoms with Crippen LogP contribution >= 0.6 is 11.3 Å². The Morgan fingerprint density at radius 1 is 1.00 bits per heavy atom. The minimum atomic E-state index is 0.161. The number of anilines is 1. The summed E-state index contributed by atoms with van der Waals surface area (Å²) >= 11 is 1.69. The van der Waals surface area contributed by atoms with Gasteiger partial charge in [0.25, 0.3) is 0 Å². The molecule has 0 radical (unpaired) electrons. The topological polar surface area (TPSA) is 49.3 Å². The second-order valence-electron chi connectivity index (χ2n) is 8.44. The fourth-order valence-electron chi connectivity index (χ4n) is 4.80. The fourth-order valence-corrected chi connectivity index (χ4v) is 5.78. The number of aryl methyl sites for hydroxylation is 1. The maximum Gasteiger partial charge on any atom is 0.225 e. The van der Waals surface area contributed by atoms with Gasteiger partial charge >= 0.3 is 0 Å². The summed E-state index contributed by atoms with van der Waals surface area (Å²) in [5, 5.41) is 3.35. The summed E-state index contributed by atoms with van der Waals surface area (Å²) in [6, 6.07) is 10.5. The summed E-state index contributed by atoms with van der Waals surface area (Å²) in [5.74, 6) is 2.37. The van der Waals surface area contributed by atoms with Gasteiger partial charge in [0.15, 0.2) is 0 Å². The van der Waals surface area contributed by atoms with Crippen LogP contribution in [0.4, 0.5) is 5.82 Å². The summed E-state index contributed by atoms with van der Waals surface area (Å²) < 4.78 is 0. The largest absolute Gasteiger partial charge is 0.356 e. The van der Waals surface area contributed by atoms with Crippen molar-refractivity contribution in [1.29, 1.82) is 0 Å². The molecule has 0 spiro atoms. The standard InChI is InChI=1S/C24H28N4OS/c1-17-25-22(21-20(16-30-23(21)26-17)18-8-4-2-5-9-18)27-14-10-19(11-15-27)24(29)28-12-6-3-7-13-28/h2,4-5,8-9,16,19H,3,6-7,10-15H2,1H3. The SMILES string of the molecule is Cc1nc(N2CCC(C(=O)N3CCCCC3)CC2)c2c(-c3ccccc3)csc2n1. The van der Waals surface area contributed by atoms with E-state index in [0.29, 0.717) is 5.91 Å². The highest BCUT2D eigenvalue weighted by atomic mass is 32.1. The average molecular weight is 421 g/mol. The number of likely N-dealkylation sites (tertiary alicyclic amines) is 1. The maximum atomic E-state index is 12.9. The number of carbonyl (C=O) groups excluding carboxylic acids is 1. The number of benzene rings is 1. The Kier molecular flexibility index (Phi) is 5.42. The molecule has 2 aromatic heterocycles. The lowest BCUT2D eigenvalue weighted by molar-refractivity contribution is -0.137. The zero-order valence-electron chi connectivity index (χ0n) is 17.5. The molecular formula is C24H28N4OS. The molecule has 30 heavy (non-hydrogen) atoms. The third-order valence-electron chi connectivity index (χ3n) is 6.42. The van der Waals surface area contributed by atoms with Gasteiger partial charge in [-0.1, -0.05) is 30.3 Å². The zero-order valence-corrected chi connectivity index (χ0v) is 18.3. The minimum Gasteiger partial charge on any atom is -0.356 e. The summed E-state index contributed by atoms with van der Waals surface area (Å²) in [4.78, 5) is 28.0. The Balaban J connectivity index is 1.40. The van der Waals surface area contributed by atoms with E-state index in [2.05, 4.69) is 39.4 Å². The molecule has 2 fully saturated rings. The van der Waals surface area contributed by atoms with Gasteiger partial charge in [0.2, 0.25) is 5.91 Å². The predicted octanol–water partition coefficient (Wildman–Crippen LogP) is 4.90. The van der Waals surface area contributed by atoms with Gasteiger partial charge in [-0.25, -0.2) is 9.97 Å². The van der Waals surface area contributed by atoms with Gasteiger partial charge in [-0.05, 0) is 44.6 Å². The molecule has 0 unspecified atom stereocenters. The zero-order chi connectivity index (χ0) is 20.5. The van der Waals surface area contributed by atoms with Gasteiger partial charge in [0.05, 0.1) is 5.39 Å². The molecule has 1 amide bonds. The van der Waals surface area contributed by atoms with Gasteiger partial charge in [-0.3, -0.25) is 4.79 Å². The van der Waals surface area contributed by atoms with Gasteiger partial charge in [0.1, 0.15) is 16.5 Å². The van der Waals surface area contributed by atoms with Crippen LogP contribution in [0.3, 0.4) is 0 Å². The first kappa shape index (κ1) is 19.5. The number of hydrogen-bond acceptors (Lipinski definition) is 5. The molecular weight excluding hydrogens is 392 g/mol. The number of carbonyl (C=O) groups is 1. The fraction of sp³-hybridized carbons (Fsp3) is 0.458. The van der Waals surface area contributed by atoms with Crippen molar-refractivity contribution in [2.24, 2.45) is 5.92 Å². The Morgan fingerprint density at radius 2 is 1.73 bits per heavy atom. The van der Waals surface area contributed by atoms with Crippen molar-refractivity contribution >= 4 is 33.3 Å². The van der Waals surface area contributed by atoms with Crippen molar-refractivity contribution in [3.8, 4) is 11.1 Å². The minimum absolute atomic E-state index is 0.161. The van der Waals surface area contributed by atoms with E-state index in [1.165, 1.54) is 17.5 Å². The van der Waals surface area contributed by atoms with Gasteiger partial charge in [0, 0.05) is 43.0 Å². The number of rotatable bonds is 3. The molecule has 0 N–H and O–H groups in total. The second-order valence-corrected chi connectivity index (χ2v) is 9.30. The van der Waals surface area contributed by atoms with E-state index in [-0.39, 0.29) is 5.92 Å². The van der Waals surface area contributed by atoms with Gasteiger partial charge < -0.3 is 9.80 Å². The van der Waals surface area contributed by atoms with E-state index in [9.17, 15) is 4.79 Å². The quantitative estimate of drug-likeness (QED) is 0.605. The molecule has 0 bridgehead atoms. The van der Waals surface area contributed by atoms with E-state index >= 15 is 0 Å². The Hall–Kier alpha value is -2.47. The molecule has 0 atom stereocenters. The normalized spacial score (nSPS) is 18.2. The van der Waals surface area contributed by atoms with Crippen LogP contribution in [-0.4, -0.2) is 47.0 Å². The van der Waals surface area contributed by atoms with E-state index in [4.69, 9.17) is 9.97 Å². The van der Waals surface area contributed by atoms with Crippen molar-refractivity contribution in [2.45, 2.75) is 39.0 Å². The third-order valence-corrected chi connectivity index (χ3v) is 7.29. The lowest BCUT2D eigenvalue weighted by Crippen LogP contribution is -2.44. The van der Waals surface area contributed by atoms with E-state index in [1.54, 1.807) is 11.3 Å². The molecule has 6 heteroatoms. The summed E-state index contributed by atoms with van der Waals surface area (Å²) in [6.07, 6.45) is 5.39. The average Bonchev–Trinajstić information content (AvgIpc) is 3.23. The van der Waals surface area contributed by atoms with Crippen molar-refractivity contribution in [2.75, 3.05) is 31.1 Å². The molecule has 2 aliphatic heterocycles. The van der Waals surface area contributed by atoms with Crippen LogP contribution in [0.5, 0.6) is 0 Å². The molecule has 0 aliphatic carbocycles. The lowest BCUT2D eigenvalue weighted by Gasteiger charge is -2.36. The molecule has 5 nitrogen and oxygen atoms in total. The van der Waals surface area contributed by atoms with Crippen LogP contribution in [-0.2, 0) is 4.79 Å². The number of fused-ring (bicyclic) bond motifs is 1. The smallest absolute Gasteiger partial charge is 0.225 e. The number of thiophene rings is 1. The lowest BCUT2D eigenvalue weighted by atomic mass is 9.94. The highest BCUT2D eigenvalue weighted by molar-refractivity contribution is 7.17. The van der Waals surface area contributed by atoms with Gasteiger partial charge in [-0.2, -0.15) is 0 Å². The predicted molar refractivity (Wildman–Crippen MR) is 123 cm³/mol. The molecule has 2 aliphatic rings. The van der Waals surface area contributed by atoms with Crippen LogP contribution in [0.2, 0.25) is 0 Å². The van der Waals surface area contributed by atoms with Gasteiger partial charge in [-0.15, -0.1) is 11.3 Å². The molecule has 4 heterocycles. The molecule has 3 aromatic rings. The number of aromatic nitrogens is 2. The van der Waals surface area contributed by atoms with Crippen LogP contribution in [0, 0.1) is 12.8 Å². The molecule has 1 aromatic carbocycles. The highest BCUT2D eigenvalue weighted by Crippen LogP contribution is 2.39. The van der Waals surface area contributed by atoms with Crippen molar-refractivity contribution in [3.05, 3.63) is 41.5 Å². The van der Waals surface area contributed by atoms with Crippen molar-refractivity contribution < 1.29 is 4.79 Å².